The van der Waals surface area contributed by atoms with Crippen molar-refractivity contribution in [2.45, 2.75) is 45.8 Å². The molecule has 1 aliphatic rings. The number of carbonyl (C=O) groups excluding carboxylic acids is 1. The Morgan fingerprint density at radius 1 is 1.27 bits per heavy atom. The molecule has 7 heteroatoms. The molecule has 2 aromatic rings. The summed E-state index contributed by atoms with van der Waals surface area (Å²) in [7, 11) is -0.509. The van der Waals surface area contributed by atoms with Gasteiger partial charge in [0.1, 0.15) is 0 Å². The summed E-state index contributed by atoms with van der Waals surface area (Å²) in [6, 6.07) is 5.93. The fourth-order valence-electron chi connectivity index (χ4n) is 2.76. The zero-order valence-electron chi connectivity index (χ0n) is 15.7. The van der Waals surface area contributed by atoms with E-state index in [0.717, 1.165) is 21.9 Å². The van der Waals surface area contributed by atoms with Crippen molar-refractivity contribution in [3.8, 4) is 0 Å². The normalized spacial score (nSPS) is 19.3. The van der Waals surface area contributed by atoms with Gasteiger partial charge in [0.25, 0.3) is 0 Å². The lowest BCUT2D eigenvalue weighted by atomic mass is 9.78. The fraction of sp³-hybridized carbons (Fsp3) is 0.421. The number of fused-ring (bicyclic) bond motifs is 1. The Bertz CT molecular complexity index is 859. The standard InChI is InChI=1S/C19H23BClNO3S/c1-12(23)26-11-15(20-24-18(2,3)19(4,5)25-20)9-14-8-13-6-7-22-17(13)10-16(14)21/h6-10,22H,11H2,1-5H3. The number of hydrogen-bond donors (Lipinski definition) is 1. The van der Waals surface area contributed by atoms with E-state index in [1.54, 1.807) is 6.92 Å². The van der Waals surface area contributed by atoms with Crippen molar-refractivity contribution in [1.82, 2.24) is 4.98 Å². The van der Waals surface area contributed by atoms with Crippen molar-refractivity contribution in [3.05, 3.63) is 40.5 Å². The van der Waals surface area contributed by atoms with E-state index in [2.05, 4.69) is 4.98 Å². The number of thioether (sulfide) groups is 1. The zero-order valence-corrected chi connectivity index (χ0v) is 17.3. The molecule has 1 fully saturated rings. The summed E-state index contributed by atoms with van der Waals surface area (Å²) < 4.78 is 12.4. The first-order valence-electron chi connectivity index (χ1n) is 8.55. The number of nitrogens with one attached hydrogen (secondary N) is 1. The molecule has 0 unspecified atom stereocenters. The summed E-state index contributed by atoms with van der Waals surface area (Å²) in [4.78, 5) is 14.7. The van der Waals surface area contributed by atoms with Crippen molar-refractivity contribution in [1.29, 1.82) is 0 Å². The summed E-state index contributed by atoms with van der Waals surface area (Å²) in [6.45, 7) is 9.62. The number of aromatic nitrogens is 1. The summed E-state index contributed by atoms with van der Waals surface area (Å²) in [5.74, 6) is 0.494. The maximum atomic E-state index is 11.5. The molecule has 0 saturated carbocycles. The second-order valence-corrected chi connectivity index (χ2v) is 9.09. The van der Waals surface area contributed by atoms with E-state index in [4.69, 9.17) is 20.9 Å². The quantitative estimate of drug-likeness (QED) is 0.735. The highest BCUT2D eigenvalue weighted by Gasteiger charge is 2.52. The minimum absolute atomic E-state index is 0.0552. The lowest BCUT2D eigenvalue weighted by molar-refractivity contribution is -0.109. The van der Waals surface area contributed by atoms with Gasteiger partial charge in [-0.1, -0.05) is 29.4 Å². The van der Waals surface area contributed by atoms with Gasteiger partial charge in [-0.05, 0) is 56.9 Å². The number of hydrogen-bond acceptors (Lipinski definition) is 4. The van der Waals surface area contributed by atoms with E-state index < -0.39 is 18.3 Å². The highest BCUT2D eigenvalue weighted by molar-refractivity contribution is 8.13. The van der Waals surface area contributed by atoms with E-state index in [1.165, 1.54) is 11.8 Å². The van der Waals surface area contributed by atoms with Gasteiger partial charge in [-0.15, -0.1) is 0 Å². The van der Waals surface area contributed by atoms with Crippen LogP contribution < -0.4 is 0 Å². The van der Waals surface area contributed by atoms with E-state index >= 15 is 0 Å². The Morgan fingerprint density at radius 3 is 2.54 bits per heavy atom. The maximum Gasteiger partial charge on any atom is 0.491 e. The van der Waals surface area contributed by atoms with Crippen molar-refractivity contribution in [3.63, 3.8) is 0 Å². The largest absolute Gasteiger partial charge is 0.491 e. The van der Waals surface area contributed by atoms with Gasteiger partial charge < -0.3 is 14.3 Å². The number of carbonyl (C=O) groups is 1. The van der Waals surface area contributed by atoms with Crippen LogP contribution in [-0.2, 0) is 14.1 Å². The van der Waals surface area contributed by atoms with Crippen molar-refractivity contribution < 1.29 is 14.1 Å². The van der Waals surface area contributed by atoms with E-state index in [-0.39, 0.29) is 5.12 Å². The van der Waals surface area contributed by atoms with Gasteiger partial charge in [-0.2, -0.15) is 0 Å². The molecular weight excluding hydrogens is 369 g/mol. The summed E-state index contributed by atoms with van der Waals surface area (Å²) in [6.07, 6.45) is 3.86. The lowest BCUT2D eigenvalue weighted by Crippen LogP contribution is -2.41. The Morgan fingerprint density at radius 2 is 1.92 bits per heavy atom. The number of halogens is 1. The smallest absolute Gasteiger partial charge is 0.400 e. The van der Waals surface area contributed by atoms with Crippen LogP contribution in [0.5, 0.6) is 0 Å². The summed E-state index contributed by atoms with van der Waals surface area (Å²) in [5.41, 5.74) is 1.88. The van der Waals surface area contributed by atoms with Crippen molar-refractivity contribution in [2.75, 3.05) is 5.75 Å². The zero-order chi connectivity index (χ0) is 19.1. The van der Waals surface area contributed by atoms with Gasteiger partial charge in [0.2, 0.25) is 0 Å². The van der Waals surface area contributed by atoms with E-state index in [0.29, 0.717) is 10.8 Å². The molecule has 1 saturated heterocycles. The first kappa shape index (κ1) is 19.6. The summed E-state index contributed by atoms with van der Waals surface area (Å²) in [5, 5.41) is 1.77. The van der Waals surface area contributed by atoms with Gasteiger partial charge in [0.05, 0.1) is 11.2 Å². The molecule has 2 heterocycles. The van der Waals surface area contributed by atoms with Crippen LogP contribution in [0.25, 0.3) is 17.0 Å². The highest BCUT2D eigenvalue weighted by Crippen LogP contribution is 2.39. The van der Waals surface area contributed by atoms with Crippen LogP contribution in [0.2, 0.25) is 5.02 Å². The molecule has 3 rings (SSSR count). The van der Waals surface area contributed by atoms with Crippen molar-refractivity contribution in [2.24, 2.45) is 0 Å². The molecule has 1 aromatic carbocycles. The SMILES string of the molecule is CC(=O)SCC(=Cc1cc2cc[nH]c2cc1Cl)B1OC(C)(C)C(C)(C)O1. The summed E-state index contributed by atoms with van der Waals surface area (Å²) >= 11 is 7.71. The average molecular weight is 392 g/mol. The van der Waals surface area contributed by atoms with Gasteiger partial charge >= 0.3 is 7.12 Å². The molecule has 0 amide bonds. The minimum atomic E-state index is -0.509. The Balaban J connectivity index is 1.98. The molecule has 1 N–H and O–H groups in total. The number of aromatic amines is 1. The van der Waals surface area contributed by atoms with Crippen LogP contribution in [0.1, 0.15) is 40.2 Å². The number of rotatable bonds is 4. The second kappa shape index (κ2) is 7.08. The topological polar surface area (TPSA) is 51.3 Å². The molecule has 0 bridgehead atoms. The lowest BCUT2D eigenvalue weighted by Gasteiger charge is -2.32. The first-order valence-corrected chi connectivity index (χ1v) is 9.91. The number of H-pyrrole nitrogens is 1. The third-order valence-electron chi connectivity index (χ3n) is 5.01. The average Bonchev–Trinajstić information content (AvgIpc) is 3.04. The Labute approximate surface area is 163 Å². The Kier molecular flexibility index (Phi) is 5.32. The molecule has 0 aliphatic carbocycles. The molecule has 1 aliphatic heterocycles. The van der Waals surface area contributed by atoms with Gasteiger partial charge in [-0.3, -0.25) is 4.79 Å². The van der Waals surface area contributed by atoms with Crippen LogP contribution in [0.15, 0.2) is 29.9 Å². The van der Waals surface area contributed by atoms with Crippen LogP contribution in [0.3, 0.4) is 0 Å². The maximum absolute atomic E-state index is 11.5. The monoisotopic (exact) mass is 391 g/mol. The van der Waals surface area contributed by atoms with E-state index in [1.807, 2.05) is 58.2 Å². The third-order valence-corrected chi connectivity index (χ3v) is 6.22. The Hall–Kier alpha value is -1.21. The van der Waals surface area contributed by atoms with E-state index in [9.17, 15) is 4.79 Å². The van der Waals surface area contributed by atoms with Crippen LogP contribution in [-0.4, -0.2) is 34.2 Å². The van der Waals surface area contributed by atoms with Gasteiger partial charge in [0, 0.05) is 34.8 Å². The second-order valence-electron chi connectivity index (χ2n) is 7.53. The van der Waals surface area contributed by atoms with Crippen LogP contribution >= 0.6 is 23.4 Å². The minimum Gasteiger partial charge on any atom is -0.400 e. The van der Waals surface area contributed by atoms with Crippen molar-refractivity contribution >= 4 is 52.6 Å². The molecule has 0 radical (unpaired) electrons. The van der Waals surface area contributed by atoms with Crippen LogP contribution in [0, 0.1) is 0 Å². The molecule has 26 heavy (non-hydrogen) atoms. The predicted octanol–water partition coefficient (Wildman–Crippen LogP) is 5.12. The van der Waals surface area contributed by atoms with Crippen LogP contribution in [0.4, 0.5) is 0 Å². The van der Waals surface area contributed by atoms with Gasteiger partial charge in [-0.25, -0.2) is 0 Å². The van der Waals surface area contributed by atoms with Gasteiger partial charge in [0.15, 0.2) is 5.12 Å². The molecule has 4 nitrogen and oxygen atoms in total. The molecule has 0 spiro atoms. The highest BCUT2D eigenvalue weighted by atomic mass is 35.5. The fourth-order valence-corrected chi connectivity index (χ4v) is 3.57. The number of benzene rings is 1. The molecular formula is C19H23BClNO3S. The molecule has 1 aromatic heterocycles. The first-order chi connectivity index (χ1) is 12.1. The predicted molar refractivity (Wildman–Crippen MR) is 111 cm³/mol. The molecule has 138 valence electrons. The molecule has 0 atom stereocenters. The third kappa shape index (κ3) is 3.88.